The lowest BCUT2D eigenvalue weighted by Gasteiger charge is -1.68. The van der Waals surface area contributed by atoms with Crippen LogP contribution in [-0.2, 0) is 9.59 Å². The van der Waals surface area contributed by atoms with Crippen LogP contribution in [0.1, 0.15) is 14.3 Å². The van der Waals surface area contributed by atoms with E-state index in [9.17, 15) is 9.59 Å². The maximum absolute atomic E-state index is 9.40. The van der Waals surface area contributed by atoms with Crippen LogP contribution in [-0.4, -0.2) is 19.6 Å². The van der Waals surface area contributed by atoms with E-state index in [1.54, 1.807) is 0 Å². The highest BCUT2D eigenvalue weighted by Gasteiger charge is 1.74. The predicted octanol–water partition coefficient (Wildman–Crippen LogP) is -0.0147. The first-order chi connectivity index (χ1) is 3.91. The van der Waals surface area contributed by atoms with Crippen molar-refractivity contribution in [1.29, 1.82) is 0 Å². The van der Waals surface area contributed by atoms with Gasteiger partial charge in [0.2, 0.25) is 0 Å². The van der Waals surface area contributed by atoms with Crippen molar-refractivity contribution < 1.29 is 11.0 Å². The van der Waals surface area contributed by atoms with E-state index >= 15 is 0 Å². The number of nitrogens with two attached hydrogens (primary N) is 1. The van der Waals surface area contributed by atoms with Crippen LogP contribution in [0.25, 0.3) is 0 Å². The Kier molecular flexibility index (Phi) is 21.0. The fraction of sp³-hybridized carbons (Fsp3) is 0.600. The highest BCUT2D eigenvalue weighted by molar-refractivity contribution is 5.58. The molecule has 0 aliphatic rings. The largest absolute Gasteiger partial charge is 0.333 e. The van der Waals surface area contributed by atoms with Crippen LogP contribution in [0.15, 0.2) is 0 Å². The third-order valence-corrected chi connectivity index (χ3v) is 0.402. The minimum Gasteiger partial charge on any atom is -0.333 e. The Hall–Kier alpha value is -0.700. The van der Waals surface area contributed by atoms with E-state index in [4.69, 9.17) is 0 Å². The SMILES string of the molecule is CN.O=CCCC=O.[HH]. The van der Waals surface area contributed by atoms with Gasteiger partial charge in [-0.15, -0.1) is 0 Å². The first-order valence-electron chi connectivity index (χ1n) is 2.37. The van der Waals surface area contributed by atoms with Crippen LogP contribution >= 0.6 is 0 Å². The van der Waals surface area contributed by atoms with Gasteiger partial charge in [0, 0.05) is 14.3 Å². The Balaban J connectivity index is -0.000000109. The Labute approximate surface area is 50.4 Å². The summed E-state index contributed by atoms with van der Waals surface area (Å²) < 4.78 is 0. The highest BCUT2D eigenvalue weighted by Crippen LogP contribution is 1.72. The lowest BCUT2D eigenvalue weighted by atomic mass is 10.4. The zero-order valence-electron chi connectivity index (χ0n) is 4.96. The smallest absolute Gasteiger partial charge is 0.120 e. The summed E-state index contributed by atoms with van der Waals surface area (Å²) in [5.41, 5.74) is 4.50. The summed E-state index contributed by atoms with van der Waals surface area (Å²) in [6.07, 6.45) is 2.19. The van der Waals surface area contributed by atoms with E-state index in [-0.39, 0.29) is 1.43 Å². The van der Waals surface area contributed by atoms with E-state index in [0.717, 1.165) is 12.6 Å². The Bertz CT molecular complexity index is 50.9. The third-order valence-electron chi connectivity index (χ3n) is 0.402. The second-order valence-corrected chi connectivity index (χ2v) is 0.911. The van der Waals surface area contributed by atoms with Gasteiger partial charge in [-0.1, -0.05) is 0 Å². The molecule has 3 heteroatoms. The first-order valence-corrected chi connectivity index (χ1v) is 2.37. The van der Waals surface area contributed by atoms with Gasteiger partial charge in [-0.3, -0.25) is 0 Å². The van der Waals surface area contributed by atoms with Crippen molar-refractivity contribution in [3.8, 4) is 0 Å². The minimum atomic E-state index is 0. The van der Waals surface area contributed by atoms with Gasteiger partial charge in [-0.25, -0.2) is 0 Å². The molecule has 50 valence electrons. The average molecular weight is 119 g/mol. The fourth-order valence-electron chi connectivity index (χ4n) is 0.136. The van der Waals surface area contributed by atoms with Gasteiger partial charge >= 0.3 is 0 Å². The lowest BCUT2D eigenvalue weighted by Crippen LogP contribution is -1.73. The number of unbranched alkanes of at least 4 members (excludes halogenated alkanes) is 1. The normalized spacial score (nSPS) is 6.25. The molecule has 0 amide bonds. The topological polar surface area (TPSA) is 60.2 Å². The van der Waals surface area contributed by atoms with Gasteiger partial charge in [0.05, 0.1) is 0 Å². The summed E-state index contributed by atoms with van der Waals surface area (Å²) in [6, 6.07) is 0. The molecule has 0 saturated heterocycles. The van der Waals surface area contributed by atoms with E-state index in [1.807, 2.05) is 0 Å². The molecule has 0 fully saturated rings. The molecule has 0 aliphatic carbocycles. The monoisotopic (exact) mass is 119 g/mol. The van der Waals surface area contributed by atoms with Gasteiger partial charge in [0.15, 0.2) is 0 Å². The van der Waals surface area contributed by atoms with Crippen LogP contribution < -0.4 is 5.73 Å². The predicted molar refractivity (Wildman–Crippen MR) is 33.6 cm³/mol. The lowest BCUT2D eigenvalue weighted by molar-refractivity contribution is -0.112. The van der Waals surface area contributed by atoms with Crippen molar-refractivity contribution in [3.05, 3.63) is 0 Å². The maximum atomic E-state index is 9.40. The third kappa shape index (κ3) is 18.5. The zero-order chi connectivity index (χ0) is 6.83. The molecule has 0 rings (SSSR count). The number of hydrogen-bond acceptors (Lipinski definition) is 3. The number of aldehydes is 2. The molecular weight excluding hydrogens is 106 g/mol. The molecule has 0 saturated carbocycles. The van der Waals surface area contributed by atoms with Crippen molar-refractivity contribution in [2.45, 2.75) is 12.8 Å². The first kappa shape index (κ1) is 10.3. The molecule has 0 aromatic rings. The second kappa shape index (κ2) is 16.3. The Morgan fingerprint density at radius 2 is 1.50 bits per heavy atom. The maximum Gasteiger partial charge on any atom is 0.120 e. The summed E-state index contributed by atoms with van der Waals surface area (Å²) in [5.74, 6) is 0. The molecule has 8 heavy (non-hydrogen) atoms. The van der Waals surface area contributed by atoms with E-state index in [1.165, 1.54) is 7.05 Å². The number of hydrogen-bond donors (Lipinski definition) is 1. The molecule has 3 nitrogen and oxygen atoms in total. The molecule has 0 unspecified atom stereocenters. The molecule has 0 aromatic heterocycles. The molecule has 2 N–H and O–H groups in total. The standard InChI is InChI=1S/C4H6O2.CH5N.H2/c5-3-1-2-4-6;1-2;/h3-4H,1-2H2;2H2,1H3;1H. The zero-order valence-corrected chi connectivity index (χ0v) is 4.96. The van der Waals surface area contributed by atoms with E-state index in [2.05, 4.69) is 5.73 Å². The number of rotatable bonds is 3. The molecular formula is C5H13NO2. The molecule has 0 atom stereocenters. The van der Waals surface area contributed by atoms with Gasteiger partial charge in [-0.05, 0) is 7.05 Å². The summed E-state index contributed by atoms with van der Waals surface area (Å²) in [7, 11) is 1.50. The average Bonchev–Trinajstić information content (AvgIpc) is 1.88. The summed E-state index contributed by atoms with van der Waals surface area (Å²) in [5, 5.41) is 0. The second-order valence-electron chi connectivity index (χ2n) is 0.911. The summed E-state index contributed by atoms with van der Waals surface area (Å²) in [6.45, 7) is 0. The number of carbonyl (C=O) groups excluding carboxylic acids is 2. The molecule has 0 radical (unpaired) electrons. The summed E-state index contributed by atoms with van der Waals surface area (Å²) in [4.78, 5) is 18.8. The highest BCUT2D eigenvalue weighted by atomic mass is 16.1. The van der Waals surface area contributed by atoms with Crippen LogP contribution in [0.4, 0.5) is 0 Å². The van der Waals surface area contributed by atoms with Crippen molar-refractivity contribution in [1.82, 2.24) is 0 Å². The molecule has 0 aliphatic heterocycles. The van der Waals surface area contributed by atoms with Crippen LogP contribution in [0.3, 0.4) is 0 Å². The van der Waals surface area contributed by atoms with Crippen molar-refractivity contribution in [2.75, 3.05) is 7.05 Å². The number of carbonyl (C=O) groups is 2. The van der Waals surface area contributed by atoms with Gasteiger partial charge in [0.1, 0.15) is 12.6 Å². The molecule has 0 heterocycles. The van der Waals surface area contributed by atoms with Crippen molar-refractivity contribution in [3.63, 3.8) is 0 Å². The van der Waals surface area contributed by atoms with Crippen LogP contribution in [0.2, 0.25) is 0 Å². The van der Waals surface area contributed by atoms with Gasteiger partial charge < -0.3 is 15.3 Å². The van der Waals surface area contributed by atoms with E-state index < -0.39 is 0 Å². The molecule has 0 bridgehead atoms. The van der Waals surface area contributed by atoms with Crippen molar-refractivity contribution >= 4 is 12.6 Å². The molecule has 0 aromatic carbocycles. The minimum absolute atomic E-state index is 0. The van der Waals surface area contributed by atoms with Gasteiger partial charge in [0.25, 0.3) is 0 Å². The summed E-state index contributed by atoms with van der Waals surface area (Å²) >= 11 is 0. The van der Waals surface area contributed by atoms with Crippen LogP contribution in [0.5, 0.6) is 0 Å². The van der Waals surface area contributed by atoms with E-state index in [0.29, 0.717) is 12.8 Å². The Morgan fingerprint density at radius 3 is 1.62 bits per heavy atom. The fourth-order valence-corrected chi connectivity index (χ4v) is 0.136. The van der Waals surface area contributed by atoms with Crippen LogP contribution in [0, 0.1) is 0 Å². The molecule has 0 spiro atoms. The quantitative estimate of drug-likeness (QED) is 0.419. The Morgan fingerprint density at radius 1 is 1.25 bits per heavy atom. The van der Waals surface area contributed by atoms with Gasteiger partial charge in [-0.2, -0.15) is 0 Å². The van der Waals surface area contributed by atoms with Crippen molar-refractivity contribution in [2.24, 2.45) is 5.73 Å².